The first kappa shape index (κ1) is 26.0. The van der Waals surface area contributed by atoms with E-state index in [1.807, 2.05) is 59.5 Å². The average molecular weight is 566 g/mol. The summed E-state index contributed by atoms with van der Waals surface area (Å²) in [5, 5.41) is 12.2. The van der Waals surface area contributed by atoms with E-state index in [1.165, 1.54) is 0 Å². The van der Waals surface area contributed by atoms with E-state index in [4.69, 9.17) is 14.8 Å². The molecule has 2 amide bonds. The molecule has 0 aliphatic carbocycles. The number of fused-ring (bicyclic) bond motifs is 2. The molecule has 214 valence electrons. The second kappa shape index (κ2) is 11.1. The van der Waals surface area contributed by atoms with Crippen molar-refractivity contribution < 1.29 is 14.3 Å². The number of hydrogen-bond acceptors (Lipinski definition) is 8. The summed E-state index contributed by atoms with van der Waals surface area (Å²) in [4.78, 5) is 42.2. The van der Waals surface area contributed by atoms with Crippen molar-refractivity contribution in [2.75, 3.05) is 49.6 Å². The highest BCUT2D eigenvalue weighted by atomic mass is 16.5. The van der Waals surface area contributed by atoms with Crippen LogP contribution in [-0.2, 0) is 4.74 Å². The van der Waals surface area contributed by atoms with Crippen molar-refractivity contribution >= 4 is 45.8 Å². The highest BCUT2D eigenvalue weighted by molar-refractivity contribution is 5.98. The number of para-hydroxylation sites is 1. The third-order valence-corrected chi connectivity index (χ3v) is 7.75. The van der Waals surface area contributed by atoms with Crippen molar-refractivity contribution in [3.63, 3.8) is 0 Å². The molecule has 0 radical (unpaired) electrons. The number of morpholine rings is 1. The number of aromatic amines is 1. The van der Waals surface area contributed by atoms with Gasteiger partial charge in [0.05, 0.1) is 13.2 Å². The summed E-state index contributed by atoms with van der Waals surface area (Å²) in [5.41, 5.74) is 3.49. The minimum absolute atomic E-state index is 0.00102. The monoisotopic (exact) mass is 565 g/mol. The zero-order valence-electron chi connectivity index (χ0n) is 23.0. The second-order valence-electron chi connectivity index (χ2n) is 10.6. The van der Waals surface area contributed by atoms with Crippen LogP contribution in [0.2, 0.25) is 0 Å². The smallest absolute Gasteiger partial charge is 0.268 e. The molecule has 1 atom stereocenters. The summed E-state index contributed by atoms with van der Waals surface area (Å²) < 4.78 is 7.06. The lowest BCUT2D eigenvalue weighted by molar-refractivity contribution is 0.0303. The number of H-pyrrole nitrogens is 1. The van der Waals surface area contributed by atoms with Gasteiger partial charge in [0, 0.05) is 66.8 Å². The van der Waals surface area contributed by atoms with Gasteiger partial charge in [-0.2, -0.15) is 4.98 Å². The van der Waals surface area contributed by atoms with Crippen LogP contribution in [0.3, 0.4) is 0 Å². The van der Waals surface area contributed by atoms with Crippen LogP contribution in [0.25, 0.3) is 16.6 Å². The molecule has 0 saturated carbocycles. The standard InChI is InChI=1S/C30H31N9O3/c40-28(25-18-21-4-1-2-6-24(21)34-25)33-23-5-3-12-38(19-23)30-35-26(27-31-11-13-39(27)36-30)32-22-9-7-20(8-10-22)29(41)37-14-16-42-17-15-37/h1-2,4,6-11,13,18,23,34H,3,5,12,14-17,19H2,(H,33,40)(H,32,35,36)/t23-/m1/s1. The van der Waals surface area contributed by atoms with Crippen LogP contribution in [-0.4, -0.2) is 86.7 Å². The third kappa shape index (κ3) is 5.23. The number of anilines is 3. The molecule has 5 heterocycles. The maximum atomic E-state index is 13.0. The summed E-state index contributed by atoms with van der Waals surface area (Å²) in [6.07, 6.45) is 5.23. The first-order chi connectivity index (χ1) is 20.6. The van der Waals surface area contributed by atoms with Crippen LogP contribution in [0.4, 0.5) is 17.5 Å². The Labute approximate surface area is 241 Å². The maximum Gasteiger partial charge on any atom is 0.268 e. The third-order valence-electron chi connectivity index (χ3n) is 7.75. The van der Waals surface area contributed by atoms with Crippen molar-refractivity contribution in [2.45, 2.75) is 18.9 Å². The molecular weight excluding hydrogens is 534 g/mol. The molecule has 3 N–H and O–H groups in total. The van der Waals surface area contributed by atoms with Gasteiger partial charge in [-0.1, -0.05) is 18.2 Å². The number of carbonyl (C=O) groups excluding carboxylic acids is 2. The largest absolute Gasteiger partial charge is 0.378 e. The molecule has 0 spiro atoms. The molecule has 2 aliphatic heterocycles. The van der Waals surface area contributed by atoms with Gasteiger partial charge < -0.3 is 30.2 Å². The van der Waals surface area contributed by atoms with Crippen LogP contribution < -0.4 is 15.5 Å². The molecule has 0 bridgehead atoms. The van der Waals surface area contributed by atoms with Crippen molar-refractivity contribution in [1.29, 1.82) is 0 Å². The molecule has 0 unspecified atom stereocenters. The molecular formula is C30H31N9O3. The number of benzene rings is 2. The number of nitrogens with zero attached hydrogens (tertiary/aromatic N) is 6. The van der Waals surface area contributed by atoms with E-state index >= 15 is 0 Å². The number of nitrogens with one attached hydrogen (secondary N) is 3. The van der Waals surface area contributed by atoms with Gasteiger partial charge in [-0.3, -0.25) is 9.59 Å². The van der Waals surface area contributed by atoms with E-state index in [9.17, 15) is 9.59 Å². The quantitative estimate of drug-likeness (QED) is 0.286. The molecule has 12 heteroatoms. The predicted octanol–water partition coefficient (Wildman–Crippen LogP) is 3.22. The first-order valence-corrected chi connectivity index (χ1v) is 14.2. The van der Waals surface area contributed by atoms with Crippen LogP contribution in [0.1, 0.15) is 33.7 Å². The van der Waals surface area contributed by atoms with Gasteiger partial charge in [-0.15, -0.1) is 5.10 Å². The van der Waals surface area contributed by atoms with E-state index in [-0.39, 0.29) is 17.9 Å². The van der Waals surface area contributed by atoms with Crippen molar-refractivity contribution in [3.8, 4) is 0 Å². The van der Waals surface area contributed by atoms with Gasteiger partial charge in [0.1, 0.15) is 5.69 Å². The molecule has 2 fully saturated rings. The van der Waals surface area contributed by atoms with Crippen molar-refractivity contribution in [1.82, 2.24) is 34.8 Å². The zero-order chi connectivity index (χ0) is 28.5. The maximum absolute atomic E-state index is 13.0. The summed E-state index contributed by atoms with van der Waals surface area (Å²) in [7, 11) is 0. The average Bonchev–Trinajstić information content (AvgIpc) is 3.69. The van der Waals surface area contributed by atoms with Gasteiger partial charge in [0.2, 0.25) is 5.95 Å². The Morgan fingerprint density at radius 1 is 1.02 bits per heavy atom. The Morgan fingerprint density at radius 3 is 2.69 bits per heavy atom. The number of aromatic nitrogens is 5. The van der Waals surface area contributed by atoms with E-state index in [0.29, 0.717) is 61.5 Å². The Balaban J connectivity index is 1.06. The molecule has 7 rings (SSSR count). The van der Waals surface area contributed by atoms with Gasteiger partial charge in [0.25, 0.3) is 11.8 Å². The van der Waals surface area contributed by atoms with Crippen molar-refractivity contribution in [3.05, 3.63) is 78.2 Å². The molecule has 2 saturated heterocycles. The molecule has 2 aliphatic rings. The fourth-order valence-electron chi connectivity index (χ4n) is 5.55. The fourth-order valence-corrected chi connectivity index (χ4v) is 5.55. The summed E-state index contributed by atoms with van der Waals surface area (Å²) >= 11 is 0. The molecule has 2 aromatic carbocycles. The van der Waals surface area contributed by atoms with Crippen LogP contribution in [0.15, 0.2) is 67.0 Å². The summed E-state index contributed by atoms with van der Waals surface area (Å²) in [6, 6.07) is 17.0. The highest BCUT2D eigenvalue weighted by Crippen LogP contribution is 2.24. The van der Waals surface area contributed by atoms with E-state index in [2.05, 4.69) is 25.5 Å². The number of carbonyl (C=O) groups is 2. The lowest BCUT2D eigenvalue weighted by Crippen LogP contribution is -2.48. The number of imidazole rings is 1. The minimum Gasteiger partial charge on any atom is -0.378 e. The zero-order valence-corrected chi connectivity index (χ0v) is 23.0. The van der Waals surface area contributed by atoms with Gasteiger partial charge in [0.15, 0.2) is 11.5 Å². The molecule has 3 aromatic heterocycles. The Kier molecular flexibility index (Phi) is 6.88. The summed E-state index contributed by atoms with van der Waals surface area (Å²) in [5.74, 6) is 0.983. The lowest BCUT2D eigenvalue weighted by Gasteiger charge is -2.33. The van der Waals surface area contributed by atoms with Gasteiger partial charge >= 0.3 is 0 Å². The normalized spacial score (nSPS) is 17.5. The molecule has 12 nitrogen and oxygen atoms in total. The summed E-state index contributed by atoms with van der Waals surface area (Å²) in [6.45, 7) is 3.70. The van der Waals surface area contributed by atoms with E-state index in [1.54, 1.807) is 16.9 Å². The predicted molar refractivity (Wildman–Crippen MR) is 158 cm³/mol. The number of hydrogen-bond donors (Lipinski definition) is 3. The number of piperidine rings is 1. The van der Waals surface area contributed by atoms with Crippen LogP contribution in [0.5, 0.6) is 0 Å². The van der Waals surface area contributed by atoms with E-state index in [0.717, 1.165) is 36.0 Å². The van der Waals surface area contributed by atoms with Crippen molar-refractivity contribution in [2.24, 2.45) is 0 Å². The topological polar surface area (TPSA) is 133 Å². The number of ether oxygens (including phenoxy) is 1. The second-order valence-corrected chi connectivity index (χ2v) is 10.6. The fraction of sp³-hybridized carbons (Fsp3) is 0.300. The lowest BCUT2D eigenvalue weighted by atomic mass is 10.1. The minimum atomic E-state index is -0.123. The Morgan fingerprint density at radius 2 is 1.86 bits per heavy atom. The Hall–Kier alpha value is -4.97. The van der Waals surface area contributed by atoms with Crippen LogP contribution >= 0.6 is 0 Å². The van der Waals surface area contributed by atoms with Crippen LogP contribution in [0, 0.1) is 0 Å². The van der Waals surface area contributed by atoms with Gasteiger partial charge in [-0.25, -0.2) is 9.50 Å². The highest BCUT2D eigenvalue weighted by Gasteiger charge is 2.25. The van der Waals surface area contributed by atoms with E-state index < -0.39 is 0 Å². The molecule has 5 aromatic rings. The van der Waals surface area contributed by atoms with Gasteiger partial charge in [-0.05, 0) is 49.2 Å². The Bertz CT molecular complexity index is 1710. The number of amides is 2. The molecule has 42 heavy (non-hydrogen) atoms. The first-order valence-electron chi connectivity index (χ1n) is 14.2. The SMILES string of the molecule is O=C(N[C@@H]1CCCN(c2nc(Nc3ccc(C(=O)N4CCOCC4)cc3)c3nccn3n2)C1)c1cc2ccccc2[nH]1. The number of rotatable bonds is 6.